The lowest BCUT2D eigenvalue weighted by Crippen LogP contribution is -2.38. The predicted molar refractivity (Wildman–Crippen MR) is 70.5 cm³/mol. The normalized spacial score (nSPS) is 27.9. The monoisotopic (exact) mass is 244 g/mol. The van der Waals surface area contributed by atoms with E-state index in [9.17, 15) is 4.79 Å². The molecule has 0 aromatic heterocycles. The lowest BCUT2D eigenvalue weighted by Gasteiger charge is -2.23. The highest BCUT2D eigenvalue weighted by Gasteiger charge is 2.36. The van der Waals surface area contributed by atoms with Crippen LogP contribution in [0.2, 0.25) is 0 Å². The third-order valence-corrected chi connectivity index (χ3v) is 4.01. The number of nitrogens with one attached hydrogen (secondary N) is 1. The second-order valence-corrected chi connectivity index (χ2v) is 6.34. The van der Waals surface area contributed by atoms with E-state index in [-0.39, 0.29) is 18.1 Å². The van der Waals surface area contributed by atoms with E-state index in [0.717, 1.165) is 13.0 Å². The molecule has 3 atom stereocenters. The average Bonchev–Trinajstić information content (AvgIpc) is 2.45. The molecule has 3 unspecified atom stereocenters. The lowest BCUT2D eigenvalue weighted by molar-refractivity contribution is -0.130. The molecule has 16 heavy (non-hydrogen) atoms. The minimum Gasteiger partial charge on any atom is -0.325 e. The standard InChI is InChI=1S/C12H24N2OS/c1-8(2)6-11-12(15)14(10(4)13-11)7-9(3)16-5/h8-11,13H,6-7H2,1-5H3. The first-order valence-corrected chi connectivity index (χ1v) is 7.33. The van der Waals surface area contributed by atoms with Crippen LogP contribution in [0.3, 0.4) is 0 Å². The summed E-state index contributed by atoms with van der Waals surface area (Å²) in [5.41, 5.74) is 0. The maximum Gasteiger partial charge on any atom is 0.241 e. The van der Waals surface area contributed by atoms with Gasteiger partial charge in [-0.25, -0.2) is 0 Å². The molecule has 94 valence electrons. The van der Waals surface area contributed by atoms with Gasteiger partial charge in [-0.05, 0) is 25.5 Å². The fourth-order valence-corrected chi connectivity index (χ4v) is 2.39. The van der Waals surface area contributed by atoms with Crippen molar-refractivity contribution in [1.29, 1.82) is 0 Å². The molecule has 0 aromatic carbocycles. The highest BCUT2D eigenvalue weighted by molar-refractivity contribution is 7.99. The Labute approximate surface area is 103 Å². The molecule has 1 aliphatic heterocycles. The summed E-state index contributed by atoms with van der Waals surface area (Å²) >= 11 is 1.81. The predicted octanol–water partition coefficient (Wildman–Crippen LogP) is 1.93. The maximum absolute atomic E-state index is 12.2. The van der Waals surface area contributed by atoms with Crippen LogP contribution in [0, 0.1) is 5.92 Å². The van der Waals surface area contributed by atoms with E-state index in [1.54, 1.807) is 0 Å². The largest absolute Gasteiger partial charge is 0.325 e. The van der Waals surface area contributed by atoms with Crippen molar-refractivity contribution < 1.29 is 4.79 Å². The summed E-state index contributed by atoms with van der Waals surface area (Å²) in [5.74, 6) is 0.841. The van der Waals surface area contributed by atoms with Gasteiger partial charge in [-0.2, -0.15) is 11.8 Å². The first kappa shape index (κ1) is 13.8. The summed E-state index contributed by atoms with van der Waals surface area (Å²) < 4.78 is 0. The Morgan fingerprint density at radius 2 is 2.06 bits per heavy atom. The molecule has 0 aromatic rings. The van der Waals surface area contributed by atoms with Crippen LogP contribution in [0.5, 0.6) is 0 Å². The zero-order valence-corrected chi connectivity index (χ0v) is 11.8. The first-order chi connectivity index (χ1) is 7.45. The van der Waals surface area contributed by atoms with Crippen molar-refractivity contribution in [2.45, 2.75) is 51.6 Å². The smallest absolute Gasteiger partial charge is 0.241 e. The summed E-state index contributed by atoms with van der Waals surface area (Å²) in [6.45, 7) is 9.41. The third-order valence-electron chi connectivity index (χ3n) is 3.05. The molecule has 0 radical (unpaired) electrons. The van der Waals surface area contributed by atoms with Crippen molar-refractivity contribution in [3.05, 3.63) is 0 Å². The van der Waals surface area contributed by atoms with Crippen LogP contribution in [0.15, 0.2) is 0 Å². The molecule has 1 heterocycles. The van der Waals surface area contributed by atoms with Gasteiger partial charge in [-0.1, -0.05) is 20.8 Å². The lowest BCUT2D eigenvalue weighted by atomic mass is 10.0. The average molecular weight is 244 g/mol. The van der Waals surface area contributed by atoms with E-state index >= 15 is 0 Å². The molecule has 1 rings (SSSR count). The Morgan fingerprint density at radius 1 is 1.44 bits per heavy atom. The molecule has 4 heteroatoms. The van der Waals surface area contributed by atoms with Crippen LogP contribution < -0.4 is 5.32 Å². The Hall–Kier alpha value is -0.220. The fourth-order valence-electron chi connectivity index (χ4n) is 2.08. The van der Waals surface area contributed by atoms with E-state index in [0.29, 0.717) is 11.2 Å². The van der Waals surface area contributed by atoms with Crippen LogP contribution in [-0.2, 0) is 4.79 Å². The summed E-state index contributed by atoms with van der Waals surface area (Å²) in [4.78, 5) is 14.1. The zero-order chi connectivity index (χ0) is 12.3. The van der Waals surface area contributed by atoms with E-state index < -0.39 is 0 Å². The molecule has 0 spiro atoms. The van der Waals surface area contributed by atoms with Gasteiger partial charge in [0, 0.05) is 11.8 Å². The van der Waals surface area contributed by atoms with Crippen molar-refractivity contribution >= 4 is 17.7 Å². The van der Waals surface area contributed by atoms with Crippen LogP contribution in [-0.4, -0.2) is 41.1 Å². The number of thioether (sulfide) groups is 1. The van der Waals surface area contributed by atoms with Gasteiger partial charge in [0.1, 0.15) is 0 Å². The van der Waals surface area contributed by atoms with E-state index in [2.05, 4.69) is 39.3 Å². The molecule has 1 fully saturated rings. The Morgan fingerprint density at radius 3 is 2.56 bits per heavy atom. The maximum atomic E-state index is 12.2. The summed E-state index contributed by atoms with van der Waals surface area (Å²) in [7, 11) is 0. The summed E-state index contributed by atoms with van der Waals surface area (Å²) in [5, 5.41) is 3.89. The van der Waals surface area contributed by atoms with Crippen LogP contribution in [0.25, 0.3) is 0 Å². The fraction of sp³-hybridized carbons (Fsp3) is 0.917. The molecular weight excluding hydrogens is 220 g/mol. The van der Waals surface area contributed by atoms with Crippen LogP contribution >= 0.6 is 11.8 Å². The molecule has 1 amide bonds. The first-order valence-electron chi connectivity index (χ1n) is 6.05. The summed E-state index contributed by atoms with van der Waals surface area (Å²) in [6, 6.07) is 0.0315. The topological polar surface area (TPSA) is 32.3 Å². The van der Waals surface area contributed by atoms with Gasteiger partial charge in [0.2, 0.25) is 5.91 Å². The minimum absolute atomic E-state index is 0.0315. The second-order valence-electron chi connectivity index (χ2n) is 5.06. The number of amides is 1. The van der Waals surface area contributed by atoms with Gasteiger partial charge in [0.05, 0.1) is 12.2 Å². The Balaban J connectivity index is 2.56. The van der Waals surface area contributed by atoms with Crippen molar-refractivity contribution in [3.8, 4) is 0 Å². The number of hydrogen-bond donors (Lipinski definition) is 1. The van der Waals surface area contributed by atoms with Crippen molar-refractivity contribution in [1.82, 2.24) is 10.2 Å². The second kappa shape index (κ2) is 5.92. The van der Waals surface area contributed by atoms with E-state index in [1.165, 1.54) is 0 Å². The van der Waals surface area contributed by atoms with Crippen molar-refractivity contribution in [2.24, 2.45) is 5.92 Å². The minimum atomic E-state index is 0.0315. The number of carbonyl (C=O) groups is 1. The number of nitrogens with zero attached hydrogens (tertiary/aromatic N) is 1. The van der Waals surface area contributed by atoms with Crippen LogP contribution in [0.4, 0.5) is 0 Å². The van der Waals surface area contributed by atoms with Gasteiger partial charge in [-0.15, -0.1) is 0 Å². The molecule has 1 saturated heterocycles. The molecule has 1 N–H and O–H groups in total. The molecule has 0 bridgehead atoms. The molecular formula is C12H24N2OS. The number of hydrogen-bond acceptors (Lipinski definition) is 3. The highest BCUT2D eigenvalue weighted by atomic mass is 32.2. The number of carbonyl (C=O) groups excluding carboxylic acids is 1. The molecule has 1 aliphatic rings. The summed E-state index contributed by atoms with van der Waals surface area (Å²) in [6.07, 6.45) is 3.22. The van der Waals surface area contributed by atoms with Gasteiger partial charge >= 0.3 is 0 Å². The van der Waals surface area contributed by atoms with Crippen LogP contribution in [0.1, 0.15) is 34.1 Å². The van der Waals surface area contributed by atoms with Gasteiger partial charge in [0.15, 0.2) is 0 Å². The van der Waals surface area contributed by atoms with Crippen molar-refractivity contribution in [2.75, 3.05) is 12.8 Å². The number of rotatable bonds is 5. The van der Waals surface area contributed by atoms with Gasteiger partial charge in [0.25, 0.3) is 0 Å². The van der Waals surface area contributed by atoms with E-state index in [1.807, 2.05) is 16.7 Å². The van der Waals surface area contributed by atoms with Gasteiger partial charge < -0.3 is 4.90 Å². The van der Waals surface area contributed by atoms with Crippen molar-refractivity contribution in [3.63, 3.8) is 0 Å². The third kappa shape index (κ3) is 3.39. The Bertz CT molecular complexity index is 245. The zero-order valence-electron chi connectivity index (χ0n) is 11.0. The highest BCUT2D eigenvalue weighted by Crippen LogP contribution is 2.19. The van der Waals surface area contributed by atoms with E-state index in [4.69, 9.17) is 0 Å². The SMILES string of the molecule is CSC(C)CN1C(=O)C(CC(C)C)NC1C. The van der Waals surface area contributed by atoms with Gasteiger partial charge in [-0.3, -0.25) is 10.1 Å². The molecule has 3 nitrogen and oxygen atoms in total. The quantitative estimate of drug-likeness (QED) is 0.802. The molecule has 0 saturated carbocycles. The Kier molecular flexibility index (Phi) is 5.12. The molecule has 0 aliphatic carbocycles.